The molecule has 0 unspecified atom stereocenters. The maximum Gasteiger partial charge on any atom is 0.387 e. The molecule has 4 nitrogen and oxygen atoms in total. The lowest BCUT2D eigenvalue weighted by Crippen LogP contribution is -2.54. The fourth-order valence-corrected chi connectivity index (χ4v) is 3.07. The van der Waals surface area contributed by atoms with Crippen molar-refractivity contribution in [2.24, 2.45) is 5.73 Å². The number of amides is 1. The van der Waals surface area contributed by atoms with Crippen molar-refractivity contribution in [3.63, 3.8) is 0 Å². The van der Waals surface area contributed by atoms with Crippen molar-refractivity contribution in [3.8, 4) is 5.75 Å². The molecule has 1 aliphatic rings. The number of hydrogen-bond acceptors (Lipinski definition) is 3. The van der Waals surface area contributed by atoms with E-state index in [-0.39, 0.29) is 30.6 Å². The molecule has 1 amide bonds. The molecule has 1 aromatic rings. The Morgan fingerprint density at radius 1 is 1.35 bits per heavy atom. The fourth-order valence-electron chi connectivity index (χ4n) is 2.66. The van der Waals surface area contributed by atoms with Crippen LogP contribution in [0.15, 0.2) is 22.7 Å². The summed E-state index contributed by atoms with van der Waals surface area (Å²) in [4.78, 5) is 12.3. The van der Waals surface area contributed by atoms with E-state index in [2.05, 4.69) is 26.0 Å². The Balaban J connectivity index is 0.00000264. The van der Waals surface area contributed by atoms with E-state index >= 15 is 0 Å². The van der Waals surface area contributed by atoms with E-state index in [0.717, 1.165) is 23.7 Å². The van der Waals surface area contributed by atoms with Crippen molar-refractivity contribution in [3.05, 3.63) is 28.2 Å². The second-order valence-electron chi connectivity index (χ2n) is 5.53. The van der Waals surface area contributed by atoms with Gasteiger partial charge in [0.05, 0.1) is 5.54 Å². The summed E-state index contributed by atoms with van der Waals surface area (Å²) in [7, 11) is 0. The van der Waals surface area contributed by atoms with Crippen LogP contribution in [0.1, 0.15) is 37.7 Å². The summed E-state index contributed by atoms with van der Waals surface area (Å²) >= 11 is 3.28. The number of nitrogens with two attached hydrogens (primary N) is 1. The zero-order chi connectivity index (χ0) is 16.2. The molecule has 0 saturated heterocycles. The zero-order valence-electron chi connectivity index (χ0n) is 12.5. The Hall–Kier alpha value is -0.920. The maximum absolute atomic E-state index is 12.4. The van der Waals surface area contributed by atoms with Crippen molar-refractivity contribution in [2.45, 2.75) is 50.8 Å². The third-order valence-electron chi connectivity index (χ3n) is 3.88. The van der Waals surface area contributed by atoms with E-state index in [1.807, 2.05) is 0 Å². The van der Waals surface area contributed by atoms with Crippen LogP contribution in [0.3, 0.4) is 0 Å². The highest BCUT2D eigenvalue weighted by molar-refractivity contribution is 9.10. The smallest absolute Gasteiger partial charge is 0.387 e. The predicted octanol–water partition coefficient (Wildman–Crippen LogP) is 3.75. The summed E-state index contributed by atoms with van der Waals surface area (Å²) in [6.07, 6.45) is 4.25. The average Bonchev–Trinajstić information content (AvgIpc) is 2.47. The Morgan fingerprint density at radius 2 is 2.00 bits per heavy atom. The second-order valence-corrected chi connectivity index (χ2v) is 6.45. The summed E-state index contributed by atoms with van der Waals surface area (Å²) in [5.41, 5.74) is 5.76. The molecule has 0 atom stereocenters. The molecule has 0 heterocycles. The highest BCUT2D eigenvalue weighted by Gasteiger charge is 2.35. The SMILES string of the molecule is Cl.NC1(C(=O)NCc2cc(Br)ccc2OC(F)F)CCCCC1. The molecule has 1 fully saturated rings. The van der Waals surface area contributed by atoms with Crippen LogP contribution >= 0.6 is 28.3 Å². The lowest BCUT2D eigenvalue weighted by atomic mass is 9.82. The number of halogens is 4. The molecule has 1 aromatic carbocycles. The van der Waals surface area contributed by atoms with Gasteiger partial charge in [0, 0.05) is 16.6 Å². The number of nitrogens with one attached hydrogen (secondary N) is 1. The summed E-state index contributed by atoms with van der Waals surface area (Å²) in [5.74, 6) is -0.191. The number of hydrogen-bond donors (Lipinski definition) is 2. The van der Waals surface area contributed by atoms with E-state index in [1.165, 1.54) is 6.07 Å². The molecule has 1 saturated carbocycles. The largest absolute Gasteiger partial charge is 0.434 e. The van der Waals surface area contributed by atoms with Gasteiger partial charge in [-0.3, -0.25) is 4.79 Å². The Labute approximate surface area is 148 Å². The molecule has 3 N–H and O–H groups in total. The van der Waals surface area contributed by atoms with Crippen LogP contribution in [0.2, 0.25) is 0 Å². The number of carbonyl (C=O) groups is 1. The minimum absolute atomic E-state index is 0. The minimum atomic E-state index is -2.91. The first-order valence-electron chi connectivity index (χ1n) is 7.21. The number of alkyl halides is 2. The van der Waals surface area contributed by atoms with Crippen molar-refractivity contribution in [1.82, 2.24) is 5.32 Å². The van der Waals surface area contributed by atoms with E-state index in [9.17, 15) is 13.6 Å². The first-order chi connectivity index (χ1) is 10.4. The van der Waals surface area contributed by atoms with Gasteiger partial charge in [-0.05, 0) is 31.0 Å². The van der Waals surface area contributed by atoms with Crippen molar-refractivity contribution in [2.75, 3.05) is 0 Å². The summed E-state index contributed by atoms with van der Waals surface area (Å²) in [6.45, 7) is -2.81. The zero-order valence-corrected chi connectivity index (χ0v) is 14.9. The van der Waals surface area contributed by atoms with E-state index in [4.69, 9.17) is 5.73 Å². The van der Waals surface area contributed by atoms with E-state index in [1.54, 1.807) is 12.1 Å². The fraction of sp³-hybridized carbons (Fsp3) is 0.533. The third kappa shape index (κ3) is 5.58. The first kappa shape index (κ1) is 20.1. The molecule has 0 aromatic heterocycles. The van der Waals surface area contributed by atoms with Gasteiger partial charge in [0.2, 0.25) is 5.91 Å². The van der Waals surface area contributed by atoms with Crippen LogP contribution < -0.4 is 15.8 Å². The van der Waals surface area contributed by atoms with Gasteiger partial charge in [0.15, 0.2) is 0 Å². The van der Waals surface area contributed by atoms with Gasteiger partial charge >= 0.3 is 6.61 Å². The van der Waals surface area contributed by atoms with Crippen LogP contribution in [0, 0.1) is 0 Å². The molecule has 0 radical (unpaired) electrons. The monoisotopic (exact) mass is 412 g/mol. The first-order valence-corrected chi connectivity index (χ1v) is 8.00. The van der Waals surface area contributed by atoms with Gasteiger partial charge in [0.1, 0.15) is 5.75 Å². The maximum atomic E-state index is 12.4. The van der Waals surface area contributed by atoms with E-state index < -0.39 is 12.2 Å². The standard InChI is InChI=1S/C15H19BrF2N2O2.ClH/c16-11-4-5-12(22-14(17)18)10(8-11)9-20-13(21)15(19)6-2-1-3-7-15;/h4-5,8,14H,1-3,6-7,9,19H2,(H,20,21);1H. The topological polar surface area (TPSA) is 64.4 Å². The van der Waals surface area contributed by atoms with Crippen LogP contribution in [-0.2, 0) is 11.3 Å². The average molecular weight is 414 g/mol. The normalized spacial score (nSPS) is 16.6. The predicted molar refractivity (Wildman–Crippen MR) is 89.9 cm³/mol. The number of benzene rings is 1. The molecule has 0 spiro atoms. The number of ether oxygens (including phenoxy) is 1. The summed E-state index contributed by atoms with van der Waals surface area (Å²) in [6, 6.07) is 4.69. The van der Waals surface area contributed by atoms with Gasteiger partial charge in [-0.1, -0.05) is 35.2 Å². The highest BCUT2D eigenvalue weighted by Crippen LogP contribution is 2.27. The molecular weight excluding hydrogens is 394 g/mol. The van der Waals surface area contributed by atoms with Gasteiger partial charge in [-0.2, -0.15) is 8.78 Å². The lowest BCUT2D eigenvalue weighted by molar-refractivity contribution is -0.127. The second kappa shape index (κ2) is 8.80. The van der Waals surface area contributed by atoms with E-state index in [0.29, 0.717) is 18.4 Å². The Morgan fingerprint density at radius 3 is 2.61 bits per heavy atom. The van der Waals surface area contributed by atoms with Crippen LogP contribution in [0.5, 0.6) is 5.75 Å². The summed E-state index contributed by atoms with van der Waals surface area (Å²) < 4.78 is 30.0. The summed E-state index contributed by atoms with van der Waals surface area (Å²) in [5, 5.41) is 2.74. The van der Waals surface area contributed by atoms with Crippen molar-refractivity contribution >= 4 is 34.2 Å². The molecule has 2 rings (SSSR count). The molecule has 1 aliphatic carbocycles. The molecule has 0 aliphatic heterocycles. The van der Waals surface area contributed by atoms with Crippen LogP contribution in [0.4, 0.5) is 8.78 Å². The molecule has 8 heteroatoms. The van der Waals surface area contributed by atoms with Gasteiger partial charge in [0.25, 0.3) is 0 Å². The van der Waals surface area contributed by atoms with Crippen LogP contribution in [0.25, 0.3) is 0 Å². The molecule has 0 bridgehead atoms. The molecular formula is C15H20BrClF2N2O2. The molecule has 130 valence electrons. The number of carbonyl (C=O) groups excluding carboxylic acids is 1. The minimum Gasteiger partial charge on any atom is -0.434 e. The Bertz CT molecular complexity index is 540. The van der Waals surface area contributed by atoms with Crippen molar-refractivity contribution < 1.29 is 18.3 Å². The third-order valence-corrected chi connectivity index (χ3v) is 4.37. The van der Waals surface area contributed by atoms with Gasteiger partial charge in [-0.25, -0.2) is 0 Å². The van der Waals surface area contributed by atoms with Gasteiger partial charge < -0.3 is 15.8 Å². The molecule has 23 heavy (non-hydrogen) atoms. The Kier molecular flexibility index (Phi) is 7.70. The van der Waals surface area contributed by atoms with Crippen LogP contribution in [-0.4, -0.2) is 18.1 Å². The van der Waals surface area contributed by atoms with Gasteiger partial charge in [-0.15, -0.1) is 12.4 Å². The highest BCUT2D eigenvalue weighted by atomic mass is 79.9. The lowest BCUT2D eigenvalue weighted by Gasteiger charge is -2.31. The quantitative estimate of drug-likeness (QED) is 0.773. The number of rotatable bonds is 5. The van der Waals surface area contributed by atoms with Crippen molar-refractivity contribution in [1.29, 1.82) is 0 Å².